The first-order valence-corrected chi connectivity index (χ1v) is 8.54. The first kappa shape index (κ1) is 17.0. The summed E-state index contributed by atoms with van der Waals surface area (Å²) in [6.07, 6.45) is 0.792. The Morgan fingerprint density at radius 3 is 2.65 bits per heavy atom. The predicted octanol–water partition coefficient (Wildman–Crippen LogP) is 3.28. The van der Waals surface area contributed by atoms with Gasteiger partial charge in [0, 0.05) is 11.2 Å². The van der Waals surface area contributed by atoms with Crippen molar-refractivity contribution < 1.29 is 23.2 Å². The van der Waals surface area contributed by atoms with Crippen molar-refractivity contribution >= 4 is 24.2 Å². The van der Waals surface area contributed by atoms with Crippen molar-refractivity contribution in [2.24, 2.45) is 0 Å². The van der Waals surface area contributed by atoms with Gasteiger partial charge in [0.2, 0.25) is 0 Å². The van der Waals surface area contributed by atoms with Crippen LogP contribution < -0.4 is 10.0 Å². The van der Waals surface area contributed by atoms with Crippen molar-refractivity contribution in [3.05, 3.63) is 30.3 Å². The lowest BCUT2D eigenvalue weighted by Crippen LogP contribution is -2.35. The number of carbonyl (C=O) groups excluding carboxylic acids is 1. The highest BCUT2D eigenvalue weighted by molar-refractivity contribution is 7.82. The van der Waals surface area contributed by atoms with Gasteiger partial charge in [-0.25, -0.2) is 9.36 Å². The number of para-hydroxylation sites is 1. The van der Waals surface area contributed by atoms with Gasteiger partial charge >= 0.3 is 12.9 Å². The third-order valence-corrected chi connectivity index (χ3v) is 3.32. The third-order valence-electron chi connectivity index (χ3n) is 2.08. The Hall–Kier alpha value is -1.07. The van der Waals surface area contributed by atoms with Gasteiger partial charge in [0.05, 0.1) is 6.61 Å². The second-order valence-electron chi connectivity index (χ2n) is 3.93. The lowest BCUT2D eigenvalue weighted by molar-refractivity contribution is -0.140. The van der Waals surface area contributed by atoms with E-state index in [0.717, 1.165) is 6.42 Å². The molecule has 0 fully saturated rings. The van der Waals surface area contributed by atoms with Crippen molar-refractivity contribution in [1.82, 2.24) is 5.48 Å². The van der Waals surface area contributed by atoms with E-state index in [9.17, 15) is 9.36 Å². The molecule has 0 radical (unpaired) electrons. The fourth-order valence-corrected chi connectivity index (χ4v) is 2.37. The minimum atomic E-state index is -4.04. The van der Waals surface area contributed by atoms with Crippen LogP contribution in [0, 0.1) is 0 Å². The molecule has 0 aliphatic rings. The Labute approximate surface area is 122 Å². The van der Waals surface area contributed by atoms with Gasteiger partial charge in [0.15, 0.2) is 0 Å². The van der Waals surface area contributed by atoms with Gasteiger partial charge in [-0.2, -0.15) is 5.48 Å². The number of hydrogen-bond donors (Lipinski definition) is 1. The Balaban J connectivity index is 2.48. The summed E-state index contributed by atoms with van der Waals surface area (Å²) < 4.78 is 21.5. The van der Waals surface area contributed by atoms with Crippen molar-refractivity contribution in [1.29, 1.82) is 0 Å². The molecule has 0 spiro atoms. The van der Waals surface area contributed by atoms with Crippen molar-refractivity contribution in [2.75, 3.05) is 6.61 Å². The molecule has 1 aromatic carbocycles. The number of hydroxylamine groups is 1. The summed E-state index contributed by atoms with van der Waals surface area (Å²) in [5.41, 5.74) is 2.46. The van der Waals surface area contributed by atoms with Crippen LogP contribution in [0.5, 0.6) is 5.75 Å². The molecule has 1 N–H and O–H groups in total. The highest BCUT2D eigenvalue weighted by atomic mass is 35.7. The van der Waals surface area contributed by atoms with Crippen LogP contribution >= 0.6 is 18.2 Å². The predicted molar refractivity (Wildman–Crippen MR) is 75.5 cm³/mol. The molecule has 20 heavy (non-hydrogen) atoms. The highest BCUT2D eigenvalue weighted by Crippen LogP contribution is 2.53. The molecule has 0 aliphatic carbocycles. The molecule has 1 rings (SSSR count). The maximum atomic E-state index is 11.9. The maximum absolute atomic E-state index is 11.9. The van der Waals surface area contributed by atoms with E-state index in [1.807, 2.05) is 6.92 Å². The van der Waals surface area contributed by atoms with Gasteiger partial charge in [-0.3, -0.25) is 0 Å². The molecule has 0 saturated heterocycles. The second-order valence-corrected chi connectivity index (χ2v) is 6.40. The van der Waals surface area contributed by atoms with E-state index in [-0.39, 0.29) is 5.75 Å². The fraction of sp³-hybridized carbons (Fsp3) is 0.417. The Morgan fingerprint density at radius 2 is 2.05 bits per heavy atom. The molecule has 1 unspecified atom stereocenters. The molecule has 0 bridgehead atoms. The van der Waals surface area contributed by atoms with Crippen LogP contribution in [0.2, 0.25) is 0 Å². The van der Waals surface area contributed by atoms with Crippen LogP contribution in [0.4, 0.5) is 0 Å². The number of carbonyl (C=O) groups is 1. The highest BCUT2D eigenvalue weighted by Gasteiger charge is 2.30. The van der Waals surface area contributed by atoms with Gasteiger partial charge in [0.1, 0.15) is 11.8 Å². The summed E-state index contributed by atoms with van der Waals surface area (Å²) in [7, 11) is 0. The molecule has 112 valence electrons. The van der Waals surface area contributed by atoms with Gasteiger partial charge in [-0.15, -0.1) is 0 Å². The molecule has 0 amide bonds. The summed E-state index contributed by atoms with van der Waals surface area (Å²) in [5.74, 6) is -0.572. The van der Waals surface area contributed by atoms with E-state index in [0.29, 0.717) is 6.61 Å². The smallest absolute Gasteiger partial charge is 0.405 e. The summed E-state index contributed by atoms with van der Waals surface area (Å²) in [5, 5.41) is 0. The molecule has 2 atom stereocenters. The zero-order valence-electron chi connectivity index (χ0n) is 11.2. The third kappa shape index (κ3) is 6.39. The molecular formula is C12H17ClNO5P. The number of benzene rings is 1. The first-order chi connectivity index (χ1) is 9.44. The van der Waals surface area contributed by atoms with E-state index in [4.69, 9.17) is 20.6 Å². The number of hydrogen-bond acceptors (Lipinski definition) is 6. The number of nitrogens with one attached hydrogen (secondary N) is 1. The van der Waals surface area contributed by atoms with Gasteiger partial charge in [-0.05, 0) is 25.5 Å². The van der Waals surface area contributed by atoms with Crippen LogP contribution in [-0.2, 0) is 18.7 Å². The molecule has 8 heteroatoms. The van der Waals surface area contributed by atoms with Crippen LogP contribution in [0.15, 0.2) is 30.3 Å². The number of rotatable bonds is 8. The normalized spacial score (nSPS) is 15.2. The largest absolute Gasteiger partial charge is 0.532 e. The topological polar surface area (TPSA) is 73.9 Å². The Bertz CT molecular complexity index is 470. The second kappa shape index (κ2) is 8.27. The zero-order valence-corrected chi connectivity index (χ0v) is 12.9. The lowest BCUT2D eigenvalue weighted by atomic mass is 10.3. The summed E-state index contributed by atoms with van der Waals surface area (Å²) in [6, 6.07) is 7.40. The summed E-state index contributed by atoms with van der Waals surface area (Å²) in [4.78, 5) is 16.6. The van der Waals surface area contributed by atoms with E-state index in [2.05, 4.69) is 10.0 Å². The Morgan fingerprint density at radius 1 is 1.40 bits per heavy atom. The SMILES string of the molecule is CCCON[C@@H](C)C(=O)OP(=O)(Cl)Oc1ccccc1. The molecule has 1 aromatic rings. The minimum Gasteiger partial charge on any atom is -0.405 e. The van der Waals surface area contributed by atoms with Crippen LogP contribution in [0.25, 0.3) is 0 Å². The number of halogens is 1. The molecule has 0 aliphatic heterocycles. The maximum Gasteiger partial charge on any atom is 0.532 e. The van der Waals surface area contributed by atoms with E-state index in [1.165, 1.54) is 6.92 Å². The van der Waals surface area contributed by atoms with Crippen LogP contribution in [-0.4, -0.2) is 18.6 Å². The molecule has 0 heterocycles. The first-order valence-electron chi connectivity index (χ1n) is 6.09. The van der Waals surface area contributed by atoms with E-state index < -0.39 is 19.0 Å². The quantitative estimate of drug-likeness (QED) is 0.450. The zero-order chi connectivity index (χ0) is 15.0. The molecule has 0 aromatic heterocycles. The van der Waals surface area contributed by atoms with Gasteiger partial charge in [0.25, 0.3) is 0 Å². The molecule has 6 nitrogen and oxygen atoms in total. The Kier molecular flexibility index (Phi) is 7.02. The van der Waals surface area contributed by atoms with E-state index >= 15 is 0 Å². The van der Waals surface area contributed by atoms with Crippen molar-refractivity contribution in [2.45, 2.75) is 26.3 Å². The van der Waals surface area contributed by atoms with Crippen molar-refractivity contribution in [3.8, 4) is 5.75 Å². The molecule has 0 saturated carbocycles. The van der Waals surface area contributed by atoms with Crippen LogP contribution in [0.3, 0.4) is 0 Å². The summed E-state index contributed by atoms with van der Waals surface area (Å²) >= 11 is 5.59. The lowest BCUT2D eigenvalue weighted by Gasteiger charge is -2.16. The molecular weight excluding hydrogens is 305 g/mol. The van der Waals surface area contributed by atoms with Gasteiger partial charge < -0.3 is 13.9 Å². The monoisotopic (exact) mass is 321 g/mol. The van der Waals surface area contributed by atoms with Gasteiger partial charge in [-0.1, -0.05) is 25.1 Å². The minimum absolute atomic E-state index is 0.251. The van der Waals surface area contributed by atoms with Crippen LogP contribution in [0.1, 0.15) is 20.3 Å². The fourth-order valence-electron chi connectivity index (χ4n) is 1.15. The summed E-state index contributed by atoms with van der Waals surface area (Å²) in [6.45, 7) is -0.176. The van der Waals surface area contributed by atoms with Crippen molar-refractivity contribution in [3.63, 3.8) is 0 Å². The average molecular weight is 322 g/mol. The standard InChI is InChI=1S/C12H17ClNO5P/c1-3-9-17-14-10(2)12(15)19-20(13,16)18-11-7-5-4-6-8-11/h4-8,10,14H,3,9H2,1-2H3/t10-,20?/m0/s1. The van der Waals surface area contributed by atoms with E-state index in [1.54, 1.807) is 30.3 Å². The average Bonchev–Trinajstić information content (AvgIpc) is 2.38.